The van der Waals surface area contributed by atoms with E-state index < -0.39 is 17.7 Å². The number of aromatic nitrogens is 1. The summed E-state index contributed by atoms with van der Waals surface area (Å²) in [5.74, 6) is -4.60. The molecule has 0 N–H and O–H groups in total. The average Bonchev–Trinajstić information content (AvgIpc) is 2.55. The summed E-state index contributed by atoms with van der Waals surface area (Å²) in [4.78, 5) is 16.6. The lowest BCUT2D eigenvalue weighted by Crippen LogP contribution is -2.23. The number of ether oxygens (including phenoxy) is 1. The zero-order valence-electron chi connectivity index (χ0n) is 13.3. The van der Waals surface area contributed by atoms with Crippen LogP contribution in [0.2, 0.25) is 0 Å². The molecule has 0 fully saturated rings. The Balaban J connectivity index is 2.03. The van der Waals surface area contributed by atoms with Crippen LogP contribution in [-0.4, -0.2) is 17.9 Å². The minimum atomic E-state index is -3.14. The summed E-state index contributed by atoms with van der Waals surface area (Å²) in [5, 5.41) is 0. The zero-order chi connectivity index (χ0) is 17.5. The molecule has 24 heavy (non-hydrogen) atoms. The minimum Gasteiger partial charge on any atom is -0.481 e. The number of carbonyl (C=O) groups is 1. The molecule has 1 aromatic heterocycles. The number of benzene rings is 1. The Kier molecular flexibility index (Phi) is 4.07. The van der Waals surface area contributed by atoms with Gasteiger partial charge in [0.25, 0.3) is 5.92 Å². The fraction of sp³-hybridized carbons (Fsp3) is 0.333. The molecule has 0 radical (unpaired) electrons. The van der Waals surface area contributed by atoms with E-state index in [1.165, 1.54) is 31.5 Å². The van der Waals surface area contributed by atoms with Crippen LogP contribution in [0.3, 0.4) is 0 Å². The maximum Gasteiger partial charge on any atom is 0.275 e. The van der Waals surface area contributed by atoms with Gasteiger partial charge in [0.05, 0.1) is 12.7 Å². The van der Waals surface area contributed by atoms with Gasteiger partial charge in [-0.2, -0.15) is 0 Å². The Morgan fingerprint density at radius 3 is 2.75 bits per heavy atom. The highest BCUT2D eigenvalue weighted by Gasteiger charge is 2.34. The number of carbonyl (C=O) groups excluding carboxylic acids is 1. The van der Waals surface area contributed by atoms with Crippen LogP contribution in [0.4, 0.5) is 13.2 Å². The number of hydrogen-bond acceptors (Lipinski definition) is 3. The molecule has 0 aliphatic heterocycles. The fourth-order valence-electron chi connectivity index (χ4n) is 3.11. The molecule has 0 bridgehead atoms. The number of halogens is 3. The molecule has 126 valence electrons. The van der Waals surface area contributed by atoms with Crippen molar-refractivity contribution in [2.45, 2.75) is 31.6 Å². The predicted molar refractivity (Wildman–Crippen MR) is 82.1 cm³/mol. The van der Waals surface area contributed by atoms with E-state index in [1.807, 2.05) is 0 Å². The normalized spacial score (nSPS) is 17.5. The Morgan fingerprint density at radius 2 is 2.08 bits per heavy atom. The van der Waals surface area contributed by atoms with Gasteiger partial charge in [-0.3, -0.25) is 4.79 Å². The third-order valence-electron chi connectivity index (χ3n) is 4.32. The Hall–Kier alpha value is -2.37. The van der Waals surface area contributed by atoms with Crippen molar-refractivity contribution in [2.75, 3.05) is 7.11 Å². The molecule has 1 aromatic carbocycles. The van der Waals surface area contributed by atoms with Crippen LogP contribution >= 0.6 is 0 Å². The minimum absolute atomic E-state index is 0.166. The molecule has 6 heteroatoms. The number of alkyl halides is 2. The Labute approximate surface area is 137 Å². The lowest BCUT2D eigenvalue weighted by atomic mass is 9.79. The molecule has 3 rings (SSSR count). The van der Waals surface area contributed by atoms with Crippen LogP contribution < -0.4 is 4.74 Å². The van der Waals surface area contributed by atoms with E-state index in [-0.39, 0.29) is 17.2 Å². The lowest BCUT2D eigenvalue weighted by Gasteiger charge is -2.25. The Bertz CT molecular complexity index is 799. The SMILES string of the molecule is COc1ncc(C2CCc3c(F)cccc3C2=O)cc1C(C)(F)F. The smallest absolute Gasteiger partial charge is 0.275 e. The first-order valence-electron chi connectivity index (χ1n) is 7.56. The topological polar surface area (TPSA) is 39.2 Å². The number of Topliss-reactive ketones (excluding diaryl/α,β-unsaturated/α-hetero) is 1. The fourth-order valence-corrected chi connectivity index (χ4v) is 3.11. The lowest BCUT2D eigenvalue weighted by molar-refractivity contribution is 0.0143. The van der Waals surface area contributed by atoms with E-state index in [1.54, 1.807) is 6.07 Å². The third-order valence-corrected chi connectivity index (χ3v) is 4.32. The molecule has 2 aromatic rings. The molecule has 0 saturated carbocycles. The van der Waals surface area contributed by atoms with Crippen molar-refractivity contribution in [1.29, 1.82) is 0 Å². The van der Waals surface area contributed by atoms with Crippen molar-refractivity contribution in [3.05, 3.63) is 58.5 Å². The molecular weight excluding hydrogens is 319 g/mol. The van der Waals surface area contributed by atoms with Crippen LogP contribution in [0.5, 0.6) is 5.88 Å². The van der Waals surface area contributed by atoms with Gasteiger partial charge >= 0.3 is 0 Å². The summed E-state index contributed by atoms with van der Waals surface area (Å²) in [6, 6.07) is 5.63. The van der Waals surface area contributed by atoms with Crippen LogP contribution in [0.1, 0.15) is 46.3 Å². The first-order chi connectivity index (χ1) is 11.3. The molecule has 1 aliphatic rings. The summed E-state index contributed by atoms with van der Waals surface area (Å²) in [5.41, 5.74) is 0.737. The maximum absolute atomic E-state index is 13.8. The van der Waals surface area contributed by atoms with Crippen LogP contribution in [-0.2, 0) is 12.3 Å². The standard InChI is InChI=1S/C18H16F3NO2/c1-18(20,21)14-8-10(9-22-17(14)24-2)11-6-7-12-13(16(11)23)4-3-5-15(12)19/h3-5,8-9,11H,6-7H2,1-2H3. The number of fused-ring (bicyclic) bond motifs is 1. The van der Waals surface area contributed by atoms with E-state index in [9.17, 15) is 18.0 Å². The Morgan fingerprint density at radius 1 is 1.33 bits per heavy atom. The van der Waals surface area contributed by atoms with Gasteiger partial charge in [-0.25, -0.2) is 18.2 Å². The zero-order valence-corrected chi connectivity index (χ0v) is 13.3. The van der Waals surface area contributed by atoms with Crippen molar-refractivity contribution in [1.82, 2.24) is 4.98 Å². The van der Waals surface area contributed by atoms with E-state index in [2.05, 4.69) is 4.98 Å². The monoisotopic (exact) mass is 335 g/mol. The number of pyridine rings is 1. The van der Waals surface area contributed by atoms with Gasteiger partial charge in [0.2, 0.25) is 5.88 Å². The quantitative estimate of drug-likeness (QED) is 0.841. The van der Waals surface area contributed by atoms with Gasteiger partial charge < -0.3 is 4.74 Å². The molecular formula is C18H16F3NO2. The van der Waals surface area contributed by atoms with Gasteiger partial charge in [-0.1, -0.05) is 12.1 Å². The van der Waals surface area contributed by atoms with Gasteiger partial charge in [-0.15, -0.1) is 0 Å². The molecule has 0 amide bonds. The number of nitrogens with zero attached hydrogens (tertiary/aromatic N) is 1. The summed E-state index contributed by atoms with van der Waals surface area (Å²) in [7, 11) is 1.27. The number of hydrogen-bond donors (Lipinski definition) is 0. The predicted octanol–water partition coefficient (Wildman–Crippen LogP) is 4.25. The summed E-state index contributed by atoms with van der Waals surface area (Å²) in [6.07, 6.45) is 2.11. The van der Waals surface area contributed by atoms with Crippen molar-refractivity contribution in [3.8, 4) is 5.88 Å². The highest BCUT2D eigenvalue weighted by Crippen LogP contribution is 2.38. The number of rotatable bonds is 3. The van der Waals surface area contributed by atoms with E-state index in [0.717, 1.165) is 6.92 Å². The molecule has 1 atom stereocenters. The first kappa shape index (κ1) is 16.5. The van der Waals surface area contributed by atoms with Crippen molar-refractivity contribution in [3.63, 3.8) is 0 Å². The van der Waals surface area contributed by atoms with Crippen molar-refractivity contribution >= 4 is 5.78 Å². The highest BCUT2D eigenvalue weighted by molar-refractivity contribution is 6.03. The van der Waals surface area contributed by atoms with Gasteiger partial charge in [-0.05, 0) is 36.1 Å². The van der Waals surface area contributed by atoms with Crippen molar-refractivity contribution < 1.29 is 22.7 Å². The van der Waals surface area contributed by atoms with Gasteiger partial charge in [0, 0.05) is 24.6 Å². The summed E-state index contributed by atoms with van der Waals surface area (Å²) >= 11 is 0. The van der Waals surface area contributed by atoms with Crippen LogP contribution in [0.25, 0.3) is 0 Å². The second kappa shape index (κ2) is 5.92. The van der Waals surface area contributed by atoms with Gasteiger partial charge in [0.15, 0.2) is 5.78 Å². The van der Waals surface area contributed by atoms with E-state index >= 15 is 0 Å². The number of methoxy groups -OCH3 is 1. The maximum atomic E-state index is 13.8. The first-order valence-corrected chi connectivity index (χ1v) is 7.56. The molecule has 1 unspecified atom stereocenters. The molecule has 0 saturated heterocycles. The molecule has 3 nitrogen and oxygen atoms in total. The molecule has 1 aliphatic carbocycles. The molecule has 0 spiro atoms. The van der Waals surface area contributed by atoms with Crippen LogP contribution in [0.15, 0.2) is 30.5 Å². The summed E-state index contributed by atoms with van der Waals surface area (Å²) < 4.78 is 46.3. The summed E-state index contributed by atoms with van der Waals surface area (Å²) in [6.45, 7) is 0.754. The number of ketones is 1. The van der Waals surface area contributed by atoms with E-state index in [0.29, 0.717) is 29.5 Å². The second-order valence-electron chi connectivity index (χ2n) is 5.94. The average molecular weight is 335 g/mol. The highest BCUT2D eigenvalue weighted by atomic mass is 19.3. The largest absolute Gasteiger partial charge is 0.481 e. The van der Waals surface area contributed by atoms with Gasteiger partial charge in [0.1, 0.15) is 5.82 Å². The third kappa shape index (κ3) is 2.77. The van der Waals surface area contributed by atoms with E-state index in [4.69, 9.17) is 4.74 Å². The van der Waals surface area contributed by atoms with Crippen LogP contribution in [0, 0.1) is 5.82 Å². The van der Waals surface area contributed by atoms with Crippen molar-refractivity contribution in [2.24, 2.45) is 0 Å². The second-order valence-corrected chi connectivity index (χ2v) is 5.94. The molecule has 1 heterocycles.